The molecule has 1 rings (SSSR count). The second kappa shape index (κ2) is 6.71. The summed E-state index contributed by atoms with van der Waals surface area (Å²) in [5, 5.41) is 3.48. The van der Waals surface area contributed by atoms with Crippen molar-refractivity contribution in [3.8, 4) is 0 Å². The number of carbonyl (C=O) groups is 2. The number of hydrogen-bond donors (Lipinski definition) is 1. The number of amides is 1. The summed E-state index contributed by atoms with van der Waals surface area (Å²) in [4.78, 5) is 23.7. The van der Waals surface area contributed by atoms with E-state index in [0.29, 0.717) is 11.4 Å². The van der Waals surface area contributed by atoms with Crippen molar-refractivity contribution < 1.29 is 9.59 Å². The van der Waals surface area contributed by atoms with Crippen LogP contribution in [0.5, 0.6) is 0 Å². The van der Waals surface area contributed by atoms with Gasteiger partial charge in [-0.3, -0.25) is 9.59 Å². The van der Waals surface area contributed by atoms with Gasteiger partial charge in [0.15, 0.2) is 5.78 Å². The molecule has 3 nitrogen and oxygen atoms in total. The second-order valence-electron chi connectivity index (χ2n) is 4.99. The first-order valence-corrected chi connectivity index (χ1v) is 6.81. The zero-order valence-corrected chi connectivity index (χ0v) is 12.4. The molecule has 1 unspecified atom stereocenters. The molecule has 0 spiro atoms. The SMILES string of the molecule is CCCC(C)(NC(=O)Cc1ccc(Cl)cc1)C(C)=O. The first-order chi connectivity index (χ1) is 8.87. The van der Waals surface area contributed by atoms with Gasteiger partial charge >= 0.3 is 0 Å². The Labute approximate surface area is 119 Å². The molecule has 0 bridgehead atoms. The fourth-order valence-electron chi connectivity index (χ4n) is 1.97. The van der Waals surface area contributed by atoms with Gasteiger partial charge in [0, 0.05) is 5.02 Å². The molecule has 104 valence electrons. The highest BCUT2D eigenvalue weighted by molar-refractivity contribution is 6.30. The van der Waals surface area contributed by atoms with Gasteiger partial charge in [0.25, 0.3) is 0 Å². The Morgan fingerprint density at radius 1 is 1.26 bits per heavy atom. The van der Waals surface area contributed by atoms with Gasteiger partial charge in [0.2, 0.25) is 5.91 Å². The first-order valence-electron chi connectivity index (χ1n) is 6.44. The molecule has 1 atom stereocenters. The lowest BCUT2D eigenvalue weighted by Crippen LogP contribution is -2.51. The molecule has 0 aliphatic rings. The zero-order chi connectivity index (χ0) is 14.5. The average molecular weight is 282 g/mol. The Kier molecular flexibility index (Phi) is 5.55. The summed E-state index contributed by atoms with van der Waals surface area (Å²) in [5.74, 6) is -0.160. The van der Waals surface area contributed by atoms with E-state index >= 15 is 0 Å². The molecule has 0 aliphatic heterocycles. The van der Waals surface area contributed by atoms with Gasteiger partial charge in [-0.05, 0) is 38.0 Å². The van der Waals surface area contributed by atoms with E-state index < -0.39 is 5.54 Å². The number of carbonyl (C=O) groups excluding carboxylic acids is 2. The Bertz CT molecular complexity index is 456. The molecule has 0 aliphatic carbocycles. The number of rotatable bonds is 6. The van der Waals surface area contributed by atoms with Crippen molar-refractivity contribution in [3.05, 3.63) is 34.9 Å². The van der Waals surface area contributed by atoms with E-state index in [-0.39, 0.29) is 18.1 Å². The van der Waals surface area contributed by atoms with Crippen LogP contribution in [0.3, 0.4) is 0 Å². The normalized spacial score (nSPS) is 13.7. The van der Waals surface area contributed by atoms with E-state index in [1.165, 1.54) is 6.92 Å². The quantitative estimate of drug-likeness (QED) is 0.871. The van der Waals surface area contributed by atoms with Crippen molar-refractivity contribution in [2.45, 2.75) is 45.6 Å². The maximum absolute atomic E-state index is 12.0. The van der Waals surface area contributed by atoms with Crippen LogP contribution in [0, 0.1) is 0 Å². The lowest BCUT2D eigenvalue weighted by atomic mass is 9.91. The summed E-state index contributed by atoms with van der Waals surface area (Å²) >= 11 is 5.79. The maximum Gasteiger partial charge on any atom is 0.225 e. The average Bonchev–Trinajstić information content (AvgIpc) is 2.32. The van der Waals surface area contributed by atoms with Crippen molar-refractivity contribution in [1.29, 1.82) is 0 Å². The van der Waals surface area contributed by atoms with Crippen molar-refractivity contribution in [2.24, 2.45) is 0 Å². The van der Waals surface area contributed by atoms with Gasteiger partial charge in [0.05, 0.1) is 12.0 Å². The monoisotopic (exact) mass is 281 g/mol. The molecule has 0 radical (unpaired) electrons. The molecule has 0 fully saturated rings. The number of benzene rings is 1. The first kappa shape index (κ1) is 15.7. The molecule has 1 amide bonds. The molecular weight excluding hydrogens is 262 g/mol. The molecular formula is C15H20ClNO2. The number of ketones is 1. The molecule has 0 aromatic heterocycles. The minimum atomic E-state index is -0.766. The molecule has 0 heterocycles. The molecule has 19 heavy (non-hydrogen) atoms. The summed E-state index contributed by atoms with van der Waals surface area (Å²) in [5.41, 5.74) is 0.113. The Hall–Kier alpha value is -1.35. The summed E-state index contributed by atoms with van der Waals surface area (Å²) in [7, 11) is 0. The maximum atomic E-state index is 12.0. The number of hydrogen-bond acceptors (Lipinski definition) is 2. The Morgan fingerprint density at radius 3 is 2.32 bits per heavy atom. The highest BCUT2D eigenvalue weighted by Crippen LogP contribution is 2.15. The Morgan fingerprint density at radius 2 is 1.84 bits per heavy atom. The third-order valence-electron chi connectivity index (χ3n) is 3.22. The molecule has 0 saturated heterocycles. The van der Waals surface area contributed by atoms with Crippen molar-refractivity contribution in [2.75, 3.05) is 0 Å². The lowest BCUT2D eigenvalue weighted by molar-refractivity contribution is -0.130. The summed E-state index contributed by atoms with van der Waals surface area (Å²) in [6.45, 7) is 5.28. The standard InChI is InChI=1S/C15H20ClNO2/c1-4-9-15(3,11(2)18)17-14(19)10-12-5-7-13(16)8-6-12/h5-8H,4,9-10H2,1-3H3,(H,17,19). The van der Waals surface area contributed by atoms with Crippen LogP contribution in [0.1, 0.15) is 39.2 Å². The van der Waals surface area contributed by atoms with E-state index in [1.807, 2.05) is 19.1 Å². The third-order valence-corrected chi connectivity index (χ3v) is 3.47. The predicted octanol–water partition coefficient (Wildman–Crippen LogP) is 3.15. The fourth-order valence-corrected chi connectivity index (χ4v) is 2.09. The third kappa shape index (κ3) is 4.67. The smallest absolute Gasteiger partial charge is 0.225 e. The van der Waals surface area contributed by atoms with Gasteiger partial charge in [-0.25, -0.2) is 0 Å². The second-order valence-corrected chi connectivity index (χ2v) is 5.43. The Balaban J connectivity index is 2.68. The molecule has 0 saturated carbocycles. The zero-order valence-electron chi connectivity index (χ0n) is 11.6. The number of halogens is 1. The summed E-state index contributed by atoms with van der Waals surface area (Å²) < 4.78 is 0. The largest absolute Gasteiger partial charge is 0.344 e. The predicted molar refractivity (Wildman–Crippen MR) is 77.3 cm³/mol. The van der Waals surface area contributed by atoms with Crippen molar-refractivity contribution >= 4 is 23.3 Å². The molecule has 1 aromatic carbocycles. The van der Waals surface area contributed by atoms with Crippen LogP contribution in [0.4, 0.5) is 0 Å². The topological polar surface area (TPSA) is 46.2 Å². The van der Waals surface area contributed by atoms with E-state index in [9.17, 15) is 9.59 Å². The summed E-state index contributed by atoms with van der Waals surface area (Å²) in [6, 6.07) is 7.13. The van der Waals surface area contributed by atoms with Crippen LogP contribution in [0.2, 0.25) is 5.02 Å². The van der Waals surface area contributed by atoms with E-state index in [1.54, 1.807) is 19.1 Å². The van der Waals surface area contributed by atoms with Crippen LogP contribution in [0.25, 0.3) is 0 Å². The number of Topliss-reactive ketones (excluding diaryl/α,β-unsaturated/α-hetero) is 1. The molecule has 1 aromatic rings. The van der Waals surface area contributed by atoms with Crippen LogP contribution in [-0.2, 0) is 16.0 Å². The van der Waals surface area contributed by atoms with Crippen LogP contribution in [0.15, 0.2) is 24.3 Å². The van der Waals surface area contributed by atoms with E-state index in [2.05, 4.69) is 5.32 Å². The van der Waals surface area contributed by atoms with Gasteiger partial charge in [0.1, 0.15) is 0 Å². The minimum absolute atomic E-state index is 0.0150. The van der Waals surface area contributed by atoms with Crippen LogP contribution < -0.4 is 5.32 Å². The van der Waals surface area contributed by atoms with E-state index in [4.69, 9.17) is 11.6 Å². The number of nitrogens with one attached hydrogen (secondary N) is 1. The van der Waals surface area contributed by atoms with Gasteiger partial charge < -0.3 is 5.32 Å². The van der Waals surface area contributed by atoms with E-state index in [0.717, 1.165) is 12.0 Å². The lowest BCUT2D eigenvalue weighted by Gasteiger charge is -2.27. The molecule has 1 N–H and O–H groups in total. The highest BCUT2D eigenvalue weighted by atomic mass is 35.5. The van der Waals surface area contributed by atoms with Crippen LogP contribution >= 0.6 is 11.6 Å². The van der Waals surface area contributed by atoms with Crippen molar-refractivity contribution in [1.82, 2.24) is 5.32 Å². The minimum Gasteiger partial charge on any atom is -0.344 e. The van der Waals surface area contributed by atoms with Gasteiger partial charge in [-0.1, -0.05) is 37.1 Å². The van der Waals surface area contributed by atoms with Gasteiger partial charge in [-0.15, -0.1) is 0 Å². The summed E-state index contributed by atoms with van der Waals surface area (Å²) in [6.07, 6.45) is 1.75. The van der Waals surface area contributed by atoms with Gasteiger partial charge in [-0.2, -0.15) is 0 Å². The molecule has 4 heteroatoms. The van der Waals surface area contributed by atoms with Crippen LogP contribution in [-0.4, -0.2) is 17.2 Å². The van der Waals surface area contributed by atoms with Crippen molar-refractivity contribution in [3.63, 3.8) is 0 Å². The fraction of sp³-hybridized carbons (Fsp3) is 0.467. The highest BCUT2D eigenvalue weighted by Gasteiger charge is 2.30.